The average molecular weight is 351 g/mol. The van der Waals surface area contributed by atoms with Crippen LogP contribution in [0.2, 0.25) is 0 Å². The van der Waals surface area contributed by atoms with E-state index in [1.54, 1.807) is 31.4 Å². The Morgan fingerprint density at radius 3 is 2.48 bits per heavy atom. The Bertz CT molecular complexity index is 1170. The van der Waals surface area contributed by atoms with E-state index in [4.69, 9.17) is 4.74 Å². The molecular formula is C18H13N3O3S. The molecule has 7 heteroatoms. The molecule has 0 unspecified atom stereocenters. The first-order valence-electron chi connectivity index (χ1n) is 7.52. The number of hydrogen-bond acceptors (Lipinski definition) is 5. The van der Waals surface area contributed by atoms with Crippen molar-refractivity contribution in [2.45, 2.75) is 0 Å². The van der Waals surface area contributed by atoms with Crippen molar-refractivity contribution in [1.82, 2.24) is 14.8 Å². The van der Waals surface area contributed by atoms with Crippen LogP contribution in [-0.4, -0.2) is 21.9 Å². The van der Waals surface area contributed by atoms with Gasteiger partial charge in [-0.2, -0.15) is 4.68 Å². The van der Waals surface area contributed by atoms with E-state index in [9.17, 15) is 9.59 Å². The van der Waals surface area contributed by atoms with Crippen LogP contribution in [0.15, 0.2) is 63.5 Å². The van der Waals surface area contributed by atoms with Gasteiger partial charge >= 0.3 is 0 Å². The van der Waals surface area contributed by atoms with Gasteiger partial charge in [0.25, 0.3) is 11.1 Å². The van der Waals surface area contributed by atoms with Gasteiger partial charge in [0.2, 0.25) is 5.13 Å². The van der Waals surface area contributed by atoms with Crippen molar-refractivity contribution in [2.75, 3.05) is 7.11 Å². The second-order valence-corrected chi connectivity index (χ2v) is 6.21. The number of benzene rings is 2. The highest BCUT2D eigenvalue weighted by Gasteiger charge is 2.12. The fourth-order valence-corrected chi connectivity index (χ4v) is 3.39. The summed E-state index contributed by atoms with van der Waals surface area (Å²) in [4.78, 5) is 29.4. The van der Waals surface area contributed by atoms with E-state index in [1.807, 2.05) is 29.6 Å². The van der Waals surface area contributed by atoms with E-state index in [0.29, 0.717) is 15.9 Å². The molecule has 4 aromatic rings. The highest BCUT2D eigenvalue weighted by Crippen LogP contribution is 2.25. The number of nitrogens with one attached hydrogen (secondary N) is 1. The van der Waals surface area contributed by atoms with Gasteiger partial charge in [0.1, 0.15) is 5.75 Å². The maximum Gasteiger partial charge on any atom is 0.279 e. The lowest BCUT2D eigenvalue weighted by atomic mass is 10.2. The number of aromatic amines is 1. The molecule has 2 aromatic heterocycles. The van der Waals surface area contributed by atoms with Gasteiger partial charge in [-0.15, -0.1) is 11.3 Å². The van der Waals surface area contributed by atoms with Crippen molar-refractivity contribution in [1.29, 1.82) is 0 Å². The Hall–Kier alpha value is -3.19. The van der Waals surface area contributed by atoms with Crippen LogP contribution < -0.4 is 15.9 Å². The lowest BCUT2D eigenvalue weighted by molar-refractivity contribution is 0.415. The summed E-state index contributed by atoms with van der Waals surface area (Å²) in [6.07, 6.45) is 0. The predicted octanol–water partition coefficient (Wildman–Crippen LogP) is 2.81. The molecule has 0 saturated heterocycles. The summed E-state index contributed by atoms with van der Waals surface area (Å²) in [5.41, 5.74) is 1.00. The Morgan fingerprint density at radius 1 is 1.04 bits per heavy atom. The molecule has 0 saturated carbocycles. The first-order chi connectivity index (χ1) is 12.2. The van der Waals surface area contributed by atoms with Crippen molar-refractivity contribution < 1.29 is 4.74 Å². The number of fused-ring (bicyclic) bond motifs is 1. The maximum atomic E-state index is 12.7. The number of aromatic nitrogens is 3. The van der Waals surface area contributed by atoms with Gasteiger partial charge < -0.3 is 4.74 Å². The number of H-pyrrole nitrogens is 1. The molecule has 0 bridgehead atoms. The number of methoxy groups -OCH3 is 1. The fourth-order valence-electron chi connectivity index (χ4n) is 2.60. The average Bonchev–Trinajstić information content (AvgIpc) is 3.15. The third-order valence-electron chi connectivity index (χ3n) is 3.89. The first kappa shape index (κ1) is 15.3. The highest BCUT2D eigenvalue weighted by atomic mass is 32.1. The Kier molecular flexibility index (Phi) is 3.70. The molecule has 0 aliphatic rings. The standard InChI is InChI=1S/C18H13N3O3S/c1-24-12-8-6-11(7-9-12)15-10-25-18(19-15)21-17(23)14-5-3-2-4-13(14)16(22)20-21/h2-10H,1H3,(H,20,22). The fraction of sp³-hybridized carbons (Fsp3) is 0.0556. The molecule has 4 rings (SSSR count). The van der Waals surface area contributed by atoms with Crippen LogP contribution in [-0.2, 0) is 0 Å². The molecule has 0 atom stereocenters. The van der Waals surface area contributed by atoms with Crippen LogP contribution >= 0.6 is 11.3 Å². The van der Waals surface area contributed by atoms with Gasteiger partial charge in [-0.1, -0.05) is 12.1 Å². The van der Waals surface area contributed by atoms with E-state index in [1.165, 1.54) is 16.0 Å². The van der Waals surface area contributed by atoms with Crippen LogP contribution in [0.4, 0.5) is 0 Å². The van der Waals surface area contributed by atoms with Crippen LogP contribution in [0.3, 0.4) is 0 Å². The van der Waals surface area contributed by atoms with Gasteiger partial charge in [0.15, 0.2) is 0 Å². The molecule has 25 heavy (non-hydrogen) atoms. The number of rotatable bonds is 3. The van der Waals surface area contributed by atoms with Gasteiger partial charge in [-0.05, 0) is 36.4 Å². The molecule has 1 N–H and O–H groups in total. The summed E-state index contributed by atoms with van der Waals surface area (Å²) in [7, 11) is 1.61. The smallest absolute Gasteiger partial charge is 0.279 e. The van der Waals surface area contributed by atoms with Crippen LogP contribution in [0.5, 0.6) is 5.75 Å². The number of hydrogen-bond donors (Lipinski definition) is 1. The molecule has 0 aliphatic heterocycles. The van der Waals surface area contributed by atoms with Gasteiger partial charge in [-0.25, -0.2) is 4.98 Å². The van der Waals surface area contributed by atoms with E-state index in [0.717, 1.165) is 17.0 Å². The zero-order chi connectivity index (χ0) is 17.4. The van der Waals surface area contributed by atoms with Crippen molar-refractivity contribution in [3.8, 4) is 22.1 Å². The molecule has 124 valence electrons. The monoisotopic (exact) mass is 351 g/mol. The Labute approximate surface area is 146 Å². The quantitative estimate of drug-likeness (QED) is 0.616. The Balaban J connectivity index is 1.82. The minimum atomic E-state index is -0.323. The van der Waals surface area contributed by atoms with Gasteiger partial charge in [0.05, 0.1) is 23.6 Å². The SMILES string of the molecule is COc1ccc(-c2csc(-n3[nH]c(=O)c4ccccc4c3=O)n2)cc1. The number of ether oxygens (including phenoxy) is 1. The Morgan fingerprint density at radius 2 is 1.76 bits per heavy atom. The van der Waals surface area contributed by atoms with Gasteiger partial charge in [0, 0.05) is 10.9 Å². The second kappa shape index (κ2) is 6.03. The van der Waals surface area contributed by atoms with Crippen LogP contribution in [0, 0.1) is 0 Å². The molecule has 0 amide bonds. The molecule has 2 aromatic carbocycles. The normalized spacial score (nSPS) is 10.9. The molecule has 0 fully saturated rings. The second-order valence-electron chi connectivity index (χ2n) is 5.37. The topological polar surface area (TPSA) is 77.0 Å². The lowest BCUT2D eigenvalue weighted by Gasteiger charge is -2.03. The largest absolute Gasteiger partial charge is 0.497 e. The van der Waals surface area contributed by atoms with E-state index < -0.39 is 0 Å². The minimum Gasteiger partial charge on any atom is -0.497 e. The zero-order valence-electron chi connectivity index (χ0n) is 13.2. The summed E-state index contributed by atoms with van der Waals surface area (Å²) >= 11 is 1.29. The maximum absolute atomic E-state index is 12.7. The van der Waals surface area contributed by atoms with Crippen molar-refractivity contribution in [2.24, 2.45) is 0 Å². The zero-order valence-corrected chi connectivity index (χ0v) is 14.0. The minimum absolute atomic E-state index is 0.300. The lowest BCUT2D eigenvalue weighted by Crippen LogP contribution is -2.28. The van der Waals surface area contributed by atoms with Crippen LogP contribution in [0.1, 0.15) is 0 Å². The summed E-state index contributed by atoms with van der Waals surface area (Å²) < 4.78 is 6.34. The molecule has 2 heterocycles. The number of nitrogens with zero attached hydrogens (tertiary/aromatic N) is 2. The molecule has 0 radical (unpaired) electrons. The van der Waals surface area contributed by atoms with Crippen molar-refractivity contribution >= 4 is 22.1 Å². The molecule has 0 spiro atoms. The molecule has 0 aliphatic carbocycles. The van der Waals surface area contributed by atoms with Crippen molar-refractivity contribution in [3.63, 3.8) is 0 Å². The van der Waals surface area contributed by atoms with Crippen LogP contribution in [0.25, 0.3) is 27.2 Å². The highest BCUT2D eigenvalue weighted by molar-refractivity contribution is 7.12. The van der Waals surface area contributed by atoms with Gasteiger partial charge in [-0.3, -0.25) is 14.7 Å². The third-order valence-corrected chi connectivity index (χ3v) is 4.71. The third kappa shape index (κ3) is 2.64. The van der Waals surface area contributed by atoms with E-state index in [2.05, 4.69) is 10.1 Å². The summed E-state index contributed by atoms with van der Waals surface area (Å²) in [6.45, 7) is 0. The van der Waals surface area contributed by atoms with E-state index in [-0.39, 0.29) is 11.1 Å². The number of thiazole rings is 1. The molecular weight excluding hydrogens is 338 g/mol. The first-order valence-corrected chi connectivity index (χ1v) is 8.40. The predicted molar refractivity (Wildman–Crippen MR) is 97.8 cm³/mol. The summed E-state index contributed by atoms with van der Waals surface area (Å²) in [5, 5.41) is 5.59. The summed E-state index contributed by atoms with van der Waals surface area (Å²) in [5.74, 6) is 0.759. The van der Waals surface area contributed by atoms with Crippen molar-refractivity contribution in [3.05, 3.63) is 74.6 Å². The summed E-state index contributed by atoms with van der Waals surface area (Å²) in [6, 6.07) is 14.2. The van der Waals surface area contributed by atoms with E-state index >= 15 is 0 Å². The molecule has 6 nitrogen and oxygen atoms in total.